The molecule has 2 amide bonds. The number of aryl methyl sites for hydroxylation is 2. The summed E-state index contributed by atoms with van der Waals surface area (Å²) < 4.78 is 0. The Balaban J connectivity index is 1.65. The van der Waals surface area contributed by atoms with Crippen LogP contribution < -0.4 is 5.32 Å². The molecular formula is C21H23ClN2O2. The van der Waals surface area contributed by atoms with Crippen LogP contribution in [0.25, 0.3) is 0 Å². The van der Waals surface area contributed by atoms with E-state index in [-0.39, 0.29) is 17.7 Å². The Hall–Kier alpha value is -2.33. The highest BCUT2D eigenvalue weighted by Crippen LogP contribution is 2.22. The number of hydrogen-bond acceptors (Lipinski definition) is 2. The van der Waals surface area contributed by atoms with Gasteiger partial charge in [0.25, 0.3) is 5.91 Å². The van der Waals surface area contributed by atoms with Gasteiger partial charge in [-0.15, -0.1) is 0 Å². The quantitative estimate of drug-likeness (QED) is 0.867. The normalized spacial score (nSPS) is 17.0. The molecule has 2 aromatic rings. The first-order valence-electron chi connectivity index (χ1n) is 8.87. The molecule has 0 unspecified atom stereocenters. The third-order valence-electron chi connectivity index (χ3n) is 4.95. The van der Waals surface area contributed by atoms with Crippen LogP contribution >= 0.6 is 11.6 Å². The molecule has 4 nitrogen and oxygen atoms in total. The van der Waals surface area contributed by atoms with Gasteiger partial charge in [-0.05, 0) is 74.2 Å². The largest absolute Gasteiger partial charge is 0.338 e. The Morgan fingerprint density at radius 3 is 2.50 bits per heavy atom. The van der Waals surface area contributed by atoms with Gasteiger partial charge in [0, 0.05) is 29.4 Å². The van der Waals surface area contributed by atoms with Crippen LogP contribution in [0.3, 0.4) is 0 Å². The lowest BCUT2D eigenvalue weighted by molar-refractivity contribution is -0.121. The number of likely N-dealkylation sites (tertiary alicyclic amines) is 1. The molecule has 3 rings (SSSR count). The summed E-state index contributed by atoms with van der Waals surface area (Å²) in [6.45, 7) is 5.19. The number of rotatable bonds is 3. The molecule has 1 fully saturated rings. The molecule has 0 aromatic heterocycles. The Labute approximate surface area is 159 Å². The lowest BCUT2D eigenvalue weighted by Crippen LogP contribution is -2.43. The van der Waals surface area contributed by atoms with Crippen molar-refractivity contribution in [3.05, 3.63) is 64.2 Å². The maximum Gasteiger partial charge on any atom is 0.253 e. The highest BCUT2D eigenvalue weighted by molar-refractivity contribution is 6.30. The van der Waals surface area contributed by atoms with Gasteiger partial charge in [-0.2, -0.15) is 0 Å². The lowest BCUT2D eigenvalue weighted by Gasteiger charge is -2.32. The fourth-order valence-electron chi connectivity index (χ4n) is 3.21. The zero-order valence-corrected chi connectivity index (χ0v) is 15.8. The number of nitrogens with one attached hydrogen (secondary N) is 1. The molecule has 0 saturated carbocycles. The highest BCUT2D eigenvalue weighted by Gasteiger charge is 2.29. The van der Waals surface area contributed by atoms with Gasteiger partial charge in [0.05, 0.1) is 5.92 Å². The van der Waals surface area contributed by atoms with E-state index in [0.29, 0.717) is 23.7 Å². The van der Waals surface area contributed by atoms with Crippen LogP contribution in [0.15, 0.2) is 42.5 Å². The number of carbonyl (C=O) groups is 2. The average Bonchev–Trinajstić information content (AvgIpc) is 2.65. The van der Waals surface area contributed by atoms with Gasteiger partial charge >= 0.3 is 0 Å². The van der Waals surface area contributed by atoms with Crippen LogP contribution in [0.1, 0.15) is 34.3 Å². The second kappa shape index (κ2) is 7.92. The number of anilines is 1. The second-order valence-electron chi connectivity index (χ2n) is 6.89. The maximum atomic E-state index is 12.7. The van der Waals surface area contributed by atoms with Crippen molar-refractivity contribution < 1.29 is 9.59 Å². The third-order valence-corrected chi connectivity index (χ3v) is 5.20. The molecule has 1 N–H and O–H groups in total. The van der Waals surface area contributed by atoms with E-state index in [1.807, 2.05) is 32.0 Å². The molecule has 1 heterocycles. The molecule has 1 atom stereocenters. The summed E-state index contributed by atoms with van der Waals surface area (Å²) in [5.74, 6) is -0.270. The van der Waals surface area contributed by atoms with E-state index in [4.69, 9.17) is 11.6 Å². The van der Waals surface area contributed by atoms with E-state index < -0.39 is 0 Å². The van der Waals surface area contributed by atoms with Crippen LogP contribution in [-0.4, -0.2) is 29.8 Å². The topological polar surface area (TPSA) is 49.4 Å². The van der Waals surface area contributed by atoms with Crippen molar-refractivity contribution in [2.24, 2.45) is 5.92 Å². The summed E-state index contributed by atoms with van der Waals surface area (Å²) in [7, 11) is 0. The monoisotopic (exact) mass is 370 g/mol. The van der Waals surface area contributed by atoms with E-state index in [0.717, 1.165) is 24.1 Å². The van der Waals surface area contributed by atoms with Crippen molar-refractivity contribution >= 4 is 29.1 Å². The zero-order valence-electron chi connectivity index (χ0n) is 15.1. The van der Waals surface area contributed by atoms with Gasteiger partial charge in [-0.25, -0.2) is 0 Å². The Morgan fingerprint density at radius 2 is 1.81 bits per heavy atom. The lowest BCUT2D eigenvalue weighted by atomic mass is 9.96. The zero-order chi connectivity index (χ0) is 18.7. The van der Waals surface area contributed by atoms with Gasteiger partial charge in [-0.1, -0.05) is 17.7 Å². The summed E-state index contributed by atoms with van der Waals surface area (Å²) in [5.41, 5.74) is 3.75. The van der Waals surface area contributed by atoms with Gasteiger partial charge in [0.2, 0.25) is 5.91 Å². The summed E-state index contributed by atoms with van der Waals surface area (Å²) in [5, 5.41) is 3.59. The van der Waals surface area contributed by atoms with Crippen molar-refractivity contribution in [1.82, 2.24) is 4.90 Å². The first-order valence-corrected chi connectivity index (χ1v) is 9.25. The van der Waals surface area contributed by atoms with Gasteiger partial charge in [-0.3, -0.25) is 9.59 Å². The Kier molecular flexibility index (Phi) is 5.62. The first kappa shape index (κ1) is 18.5. The number of piperidine rings is 1. The fourth-order valence-corrected chi connectivity index (χ4v) is 3.34. The number of benzene rings is 2. The van der Waals surface area contributed by atoms with E-state index >= 15 is 0 Å². The van der Waals surface area contributed by atoms with Crippen LogP contribution in [0.4, 0.5) is 5.69 Å². The number of amides is 2. The molecule has 0 bridgehead atoms. The molecule has 1 aliphatic rings. The summed E-state index contributed by atoms with van der Waals surface area (Å²) >= 11 is 5.89. The van der Waals surface area contributed by atoms with Crippen molar-refractivity contribution in [2.75, 3.05) is 18.4 Å². The van der Waals surface area contributed by atoms with Gasteiger partial charge in [0.15, 0.2) is 0 Å². The number of halogens is 1. The van der Waals surface area contributed by atoms with Crippen molar-refractivity contribution in [1.29, 1.82) is 0 Å². The van der Waals surface area contributed by atoms with E-state index in [1.54, 1.807) is 29.2 Å². The predicted octanol–water partition coefficient (Wildman–Crippen LogP) is 4.45. The van der Waals surface area contributed by atoms with Crippen LogP contribution in [0.5, 0.6) is 0 Å². The fraction of sp³-hybridized carbons (Fsp3) is 0.333. The van der Waals surface area contributed by atoms with Crippen molar-refractivity contribution in [3.63, 3.8) is 0 Å². The SMILES string of the molecule is Cc1ccc(NC(=O)[C@H]2CCCN(C(=O)c3ccc(Cl)cc3)C2)cc1C. The molecule has 5 heteroatoms. The standard InChI is InChI=1S/C21H23ClN2O2/c1-14-5-10-19(12-15(14)2)23-20(25)17-4-3-11-24(13-17)21(26)16-6-8-18(22)9-7-16/h5-10,12,17H,3-4,11,13H2,1-2H3,(H,23,25)/t17-/m0/s1. The van der Waals surface area contributed by atoms with Crippen LogP contribution in [-0.2, 0) is 4.79 Å². The molecule has 1 saturated heterocycles. The highest BCUT2D eigenvalue weighted by atomic mass is 35.5. The number of hydrogen-bond donors (Lipinski definition) is 1. The second-order valence-corrected chi connectivity index (χ2v) is 7.32. The summed E-state index contributed by atoms with van der Waals surface area (Å²) in [6.07, 6.45) is 1.62. The average molecular weight is 371 g/mol. The molecule has 136 valence electrons. The molecule has 26 heavy (non-hydrogen) atoms. The maximum absolute atomic E-state index is 12.7. The van der Waals surface area contributed by atoms with E-state index in [9.17, 15) is 9.59 Å². The van der Waals surface area contributed by atoms with Crippen LogP contribution in [0.2, 0.25) is 5.02 Å². The molecule has 0 spiro atoms. The minimum absolute atomic E-state index is 0.0261. The molecule has 2 aromatic carbocycles. The van der Waals surface area contributed by atoms with E-state index in [1.165, 1.54) is 5.56 Å². The van der Waals surface area contributed by atoms with Crippen molar-refractivity contribution in [2.45, 2.75) is 26.7 Å². The minimum atomic E-state index is -0.193. The third kappa shape index (κ3) is 4.25. The van der Waals surface area contributed by atoms with Gasteiger partial charge < -0.3 is 10.2 Å². The van der Waals surface area contributed by atoms with E-state index in [2.05, 4.69) is 5.32 Å². The minimum Gasteiger partial charge on any atom is -0.338 e. The van der Waals surface area contributed by atoms with Crippen molar-refractivity contribution in [3.8, 4) is 0 Å². The number of carbonyl (C=O) groups excluding carboxylic acids is 2. The number of nitrogens with zero attached hydrogens (tertiary/aromatic N) is 1. The predicted molar refractivity (Wildman–Crippen MR) is 105 cm³/mol. The molecule has 0 radical (unpaired) electrons. The van der Waals surface area contributed by atoms with Crippen LogP contribution in [0, 0.1) is 19.8 Å². The molecule has 0 aliphatic carbocycles. The summed E-state index contributed by atoms with van der Waals surface area (Å²) in [6, 6.07) is 12.8. The molecular weight excluding hydrogens is 348 g/mol. The first-order chi connectivity index (χ1) is 12.4. The van der Waals surface area contributed by atoms with Gasteiger partial charge in [0.1, 0.15) is 0 Å². The Morgan fingerprint density at radius 1 is 1.08 bits per heavy atom. The summed E-state index contributed by atoms with van der Waals surface area (Å²) in [4.78, 5) is 27.1. The Bertz CT molecular complexity index is 817. The smallest absolute Gasteiger partial charge is 0.253 e. The molecule has 1 aliphatic heterocycles.